The van der Waals surface area contributed by atoms with Crippen molar-refractivity contribution in [2.45, 2.75) is 33.1 Å². The van der Waals surface area contributed by atoms with E-state index in [0.29, 0.717) is 33.1 Å². The number of nitrogens with zero attached hydrogens (tertiary/aromatic N) is 5. The van der Waals surface area contributed by atoms with Crippen molar-refractivity contribution in [2.24, 2.45) is 0 Å². The van der Waals surface area contributed by atoms with Crippen molar-refractivity contribution >= 4 is 40.5 Å². The molecule has 5 aromatic rings. The monoisotopic (exact) mass is 659 g/mol. The second-order valence-corrected chi connectivity index (χ2v) is 12.8. The van der Waals surface area contributed by atoms with Gasteiger partial charge in [0.25, 0.3) is 0 Å². The Bertz CT molecular complexity index is 1880. The van der Waals surface area contributed by atoms with Crippen LogP contribution in [0.1, 0.15) is 55.4 Å². The van der Waals surface area contributed by atoms with Crippen molar-refractivity contribution in [3.63, 3.8) is 0 Å². The molecule has 1 N–H and O–H groups in total. The van der Waals surface area contributed by atoms with Crippen LogP contribution in [0, 0.1) is 6.92 Å². The number of aromatic nitrogens is 3. The highest BCUT2D eigenvalue weighted by molar-refractivity contribution is 7.17. The molecule has 10 nitrogen and oxygen atoms in total. The number of carbonyl (C=O) groups excluding carboxylic acids is 1. The van der Waals surface area contributed by atoms with Crippen LogP contribution in [0.3, 0.4) is 0 Å². The van der Waals surface area contributed by atoms with Crippen LogP contribution in [0.2, 0.25) is 5.02 Å². The molecular formula is C34H34ClN5O5S. The molecule has 0 unspecified atom stereocenters. The van der Waals surface area contributed by atoms with Gasteiger partial charge in [0.1, 0.15) is 18.5 Å². The Hall–Kier alpha value is -4.29. The molecule has 1 saturated heterocycles. The molecule has 0 spiro atoms. The molecule has 238 valence electrons. The Morgan fingerprint density at radius 1 is 1.07 bits per heavy atom. The van der Waals surface area contributed by atoms with Gasteiger partial charge < -0.3 is 19.5 Å². The second-order valence-electron chi connectivity index (χ2n) is 11.4. The Morgan fingerprint density at radius 3 is 2.54 bits per heavy atom. The summed E-state index contributed by atoms with van der Waals surface area (Å²) in [6.07, 6.45) is 4.92. The maximum Gasteiger partial charge on any atom is 0.349 e. The van der Waals surface area contributed by atoms with Gasteiger partial charge in [0, 0.05) is 55.1 Å². The van der Waals surface area contributed by atoms with E-state index in [1.807, 2.05) is 36.6 Å². The number of hydrogen-bond acceptors (Lipinski definition) is 9. The minimum Gasteiger partial charge on any atom is -0.484 e. The standard InChI is InChI=1S/C34H34ClN5O5S/c1-21-30(45-22(2)26-10-9-23(15-27(26)35)20-44-34(43)24-7-5-4-6-8-24)32(33(41)42)46-31(21)28-16-37-29-17-36-25(19-40(28)29)18-39-13-11-38(3)12-14-39/h4-10,15-17,19,22H,11-14,18,20H2,1-3H3,(H,41,42)/t22-/m1/s1. The summed E-state index contributed by atoms with van der Waals surface area (Å²) < 4.78 is 13.7. The molecular weight excluding hydrogens is 626 g/mol. The van der Waals surface area contributed by atoms with Gasteiger partial charge in [0.05, 0.1) is 34.2 Å². The van der Waals surface area contributed by atoms with Crippen LogP contribution >= 0.6 is 22.9 Å². The minimum atomic E-state index is -1.07. The van der Waals surface area contributed by atoms with Crippen LogP contribution in [0.4, 0.5) is 0 Å². The molecule has 46 heavy (non-hydrogen) atoms. The molecule has 6 rings (SSSR count). The first kappa shape index (κ1) is 31.7. The summed E-state index contributed by atoms with van der Waals surface area (Å²) in [5.41, 5.74) is 4.95. The number of carbonyl (C=O) groups is 2. The summed E-state index contributed by atoms with van der Waals surface area (Å²) in [5.74, 6) is -1.20. The predicted octanol–water partition coefficient (Wildman–Crippen LogP) is 6.36. The molecule has 1 aliphatic rings. The first-order valence-corrected chi connectivity index (χ1v) is 16.1. The van der Waals surface area contributed by atoms with E-state index in [4.69, 9.17) is 21.1 Å². The number of aromatic carboxylic acids is 1. The van der Waals surface area contributed by atoms with Gasteiger partial charge in [-0.3, -0.25) is 14.3 Å². The Kier molecular flexibility index (Phi) is 9.37. The third-order valence-corrected chi connectivity index (χ3v) is 9.74. The number of ether oxygens (including phenoxy) is 2. The topological polar surface area (TPSA) is 110 Å². The molecule has 12 heteroatoms. The molecule has 1 fully saturated rings. The summed E-state index contributed by atoms with van der Waals surface area (Å²) in [6, 6.07) is 14.1. The maximum atomic E-state index is 12.4. The number of carboxylic acids is 1. The van der Waals surface area contributed by atoms with Crippen molar-refractivity contribution in [2.75, 3.05) is 33.2 Å². The van der Waals surface area contributed by atoms with Crippen LogP contribution in [0.25, 0.3) is 16.2 Å². The average molecular weight is 660 g/mol. The lowest BCUT2D eigenvalue weighted by atomic mass is 10.1. The van der Waals surface area contributed by atoms with E-state index >= 15 is 0 Å². The molecule has 2 aromatic carbocycles. The van der Waals surface area contributed by atoms with E-state index in [2.05, 4.69) is 26.8 Å². The van der Waals surface area contributed by atoms with Crippen molar-refractivity contribution < 1.29 is 24.2 Å². The normalized spacial score (nSPS) is 14.8. The largest absolute Gasteiger partial charge is 0.484 e. The van der Waals surface area contributed by atoms with E-state index < -0.39 is 18.0 Å². The van der Waals surface area contributed by atoms with Crippen molar-refractivity contribution in [3.8, 4) is 16.3 Å². The summed E-state index contributed by atoms with van der Waals surface area (Å²) >= 11 is 7.81. The highest BCUT2D eigenvalue weighted by Gasteiger charge is 2.27. The smallest absolute Gasteiger partial charge is 0.349 e. The summed E-state index contributed by atoms with van der Waals surface area (Å²) in [5, 5.41) is 10.6. The average Bonchev–Trinajstić information content (AvgIpc) is 3.61. The first-order valence-electron chi connectivity index (χ1n) is 14.9. The molecule has 0 saturated carbocycles. The number of rotatable bonds is 10. The molecule has 0 aliphatic carbocycles. The zero-order valence-corrected chi connectivity index (χ0v) is 27.3. The lowest BCUT2D eigenvalue weighted by molar-refractivity contribution is 0.0472. The molecule has 4 heterocycles. The molecule has 0 amide bonds. The van der Waals surface area contributed by atoms with Gasteiger partial charge in [-0.2, -0.15) is 0 Å². The SMILES string of the molecule is Cc1c(-c2cnc3cnc(CN4CCN(C)CC4)cn23)sc(C(=O)O)c1O[C@H](C)c1ccc(COC(=O)c2ccccc2)cc1Cl. The molecule has 0 bridgehead atoms. The molecule has 0 radical (unpaired) electrons. The van der Waals surface area contributed by atoms with Crippen LogP contribution in [-0.2, 0) is 17.9 Å². The van der Waals surface area contributed by atoms with Gasteiger partial charge in [0.2, 0.25) is 0 Å². The summed E-state index contributed by atoms with van der Waals surface area (Å²) in [7, 11) is 2.13. The fourth-order valence-electron chi connectivity index (χ4n) is 5.48. The van der Waals surface area contributed by atoms with Gasteiger partial charge in [0.15, 0.2) is 10.5 Å². The van der Waals surface area contributed by atoms with Crippen LogP contribution in [-0.4, -0.2) is 74.4 Å². The van der Waals surface area contributed by atoms with Gasteiger partial charge >= 0.3 is 11.9 Å². The Morgan fingerprint density at radius 2 is 1.83 bits per heavy atom. The fourth-order valence-corrected chi connectivity index (χ4v) is 6.92. The lowest BCUT2D eigenvalue weighted by Crippen LogP contribution is -2.44. The molecule has 1 atom stereocenters. The van der Waals surface area contributed by atoms with Crippen molar-refractivity contribution in [1.29, 1.82) is 0 Å². The van der Waals surface area contributed by atoms with Crippen molar-refractivity contribution in [1.82, 2.24) is 24.2 Å². The summed E-state index contributed by atoms with van der Waals surface area (Å²) in [4.78, 5) is 39.5. The zero-order valence-electron chi connectivity index (χ0n) is 25.8. The number of carboxylic acid groups (broad SMARTS) is 1. The Labute approximate surface area is 275 Å². The quantitative estimate of drug-likeness (QED) is 0.171. The number of imidazole rings is 1. The third kappa shape index (κ3) is 6.78. The maximum absolute atomic E-state index is 12.4. The number of likely N-dealkylation sites (N-methyl/N-ethyl adjacent to an activating group) is 1. The lowest BCUT2D eigenvalue weighted by Gasteiger charge is -2.32. The van der Waals surface area contributed by atoms with E-state index in [1.54, 1.807) is 48.8 Å². The molecule has 1 aliphatic heterocycles. The highest BCUT2D eigenvalue weighted by atomic mass is 35.5. The number of esters is 1. The fraction of sp³-hybridized carbons (Fsp3) is 0.294. The van der Waals surface area contributed by atoms with Crippen LogP contribution < -0.4 is 4.74 Å². The van der Waals surface area contributed by atoms with Crippen LogP contribution in [0.15, 0.2) is 67.1 Å². The summed E-state index contributed by atoms with van der Waals surface area (Å²) in [6.45, 7) is 8.47. The van der Waals surface area contributed by atoms with Gasteiger partial charge in [-0.15, -0.1) is 11.3 Å². The van der Waals surface area contributed by atoms with E-state index in [0.717, 1.165) is 65.9 Å². The number of piperazine rings is 1. The molecule has 3 aromatic heterocycles. The number of thiophene rings is 1. The van der Waals surface area contributed by atoms with E-state index in [-0.39, 0.29) is 11.5 Å². The van der Waals surface area contributed by atoms with Gasteiger partial charge in [-0.05, 0) is 44.7 Å². The highest BCUT2D eigenvalue weighted by Crippen LogP contribution is 2.43. The second kappa shape index (κ2) is 13.6. The predicted molar refractivity (Wildman–Crippen MR) is 177 cm³/mol. The zero-order chi connectivity index (χ0) is 32.4. The van der Waals surface area contributed by atoms with Gasteiger partial charge in [-0.25, -0.2) is 14.6 Å². The van der Waals surface area contributed by atoms with E-state index in [1.165, 1.54) is 0 Å². The number of benzene rings is 2. The first-order chi connectivity index (χ1) is 22.2. The number of halogens is 1. The van der Waals surface area contributed by atoms with Gasteiger partial charge in [-0.1, -0.05) is 41.9 Å². The Balaban J connectivity index is 1.21. The number of hydrogen-bond donors (Lipinski definition) is 1. The third-order valence-electron chi connectivity index (χ3n) is 8.13. The van der Waals surface area contributed by atoms with Crippen LogP contribution in [0.5, 0.6) is 5.75 Å². The minimum absolute atomic E-state index is 0.0606. The van der Waals surface area contributed by atoms with Crippen molar-refractivity contribution in [3.05, 3.63) is 105 Å². The van der Waals surface area contributed by atoms with E-state index in [9.17, 15) is 14.7 Å². The number of fused-ring (bicyclic) bond motifs is 1.